The van der Waals surface area contributed by atoms with Gasteiger partial charge in [0.15, 0.2) is 0 Å². The largest absolute Gasteiger partial charge is 0.356 e. The molecule has 0 aliphatic carbocycles. The summed E-state index contributed by atoms with van der Waals surface area (Å²) in [4.78, 5) is 0. The van der Waals surface area contributed by atoms with E-state index in [1.165, 1.54) is 25.7 Å². The van der Waals surface area contributed by atoms with Crippen molar-refractivity contribution in [2.75, 3.05) is 5.32 Å². The Morgan fingerprint density at radius 2 is 1.52 bits per heavy atom. The summed E-state index contributed by atoms with van der Waals surface area (Å²) in [7, 11) is 0. The van der Waals surface area contributed by atoms with Gasteiger partial charge in [-0.15, -0.1) is 11.3 Å². The van der Waals surface area contributed by atoms with Gasteiger partial charge >= 0.3 is 0 Å². The first-order valence-corrected chi connectivity index (χ1v) is 8.56. The van der Waals surface area contributed by atoms with Gasteiger partial charge in [0.2, 0.25) is 0 Å². The number of anilines is 2. The molecule has 0 atom stereocenters. The third-order valence-corrected chi connectivity index (χ3v) is 5.09. The molecule has 1 N–H and O–H groups in total. The van der Waals surface area contributed by atoms with Crippen LogP contribution in [0, 0.1) is 0 Å². The standard InChI is InChI=1S/C21H17NS/c1-2-5-15-8-10-16(11-9-15)22-17-12-13-21-19(14-17)18-6-3-4-7-20(18)23-21/h2-14,22H,1H3/b5-2+. The van der Waals surface area contributed by atoms with E-state index >= 15 is 0 Å². The summed E-state index contributed by atoms with van der Waals surface area (Å²) >= 11 is 1.85. The monoisotopic (exact) mass is 315 g/mol. The third-order valence-electron chi connectivity index (χ3n) is 3.94. The van der Waals surface area contributed by atoms with Gasteiger partial charge in [-0.2, -0.15) is 0 Å². The highest BCUT2D eigenvalue weighted by Crippen LogP contribution is 2.35. The molecule has 4 rings (SSSR count). The van der Waals surface area contributed by atoms with Crippen molar-refractivity contribution in [1.82, 2.24) is 0 Å². The van der Waals surface area contributed by atoms with E-state index in [-0.39, 0.29) is 0 Å². The Kier molecular flexibility index (Phi) is 3.60. The van der Waals surface area contributed by atoms with Gasteiger partial charge in [-0.1, -0.05) is 42.5 Å². The SMILES string of the molecule is C/C=C/c1ccc(Nc2ccc3sc4ccccc4c3c2)cc1. The van der Waals surface area contributed by atoms with Crippen molar-refractivity contribution in [3.8, 4) is 0 Å². The van der Waals surface area contributed by atoms with Gasteiger partial charge in [0.1, 0.15) is 0 Å². The van der Waals surface area contributed by atoms with Gasteiger partial charge in [-0.3, -0.25) is 0 Å². The van der Waals surface area contributed by atoms with Crippen LogP contribution in [-0.4, -0.2) is 0 Å². The van der Waals surface area contributed by atoms with Crippen molar-refractivity contribution < 1.29 is 0 Å². The minimum Gasteiger partial charge on any atom is -0.356 e. The topological polar surface area (TPSA) is 12.0 Å². The normalized spacial score (nSPS) is 11.5. The van der Waals surface area contributed by atoms with Crippen LogP contribution in [0.3, 0.4) is 0 Å². The summed E-state index contributed by atoms with van der Waals surface area (Å²) < 4.78 is 2.68. The predicted octanol–water partition coefficient (Wildman–Crippen LogP) is 6.83. The fraction of sp³-hybridized carbons (Fsp3) is 0.0476. The lowest BCUT2D eigenvalue weighted by Gasteiger charge is -2.07. The van der Waals surface area contributed by atoms with Gasteiger partial charge in [-0.25, -0.2) is 0 Å². The van der Waals surface area contributed by atoms with Gasteiger partial charge < -0.3 is 5.32 Å². The zero-order valence-corrected chi connectivity index (χ0v) is 13.7. The molecule has 0 aliphatic heterocycles. The summed E-state index contributed by atoms with van der Waals surface area (Å²) in [6.07, 6.45) is 4.16. The van der Waals surface area contributed by atoms with E-state index < -0.39 is 0 Å². The second kappa shape index (κ2) is 5.90. The molecule has 3 aromatic carbocycles. The first-order chi connectivity index (χ1) is 11.3. The Morgan fingerprint density at radius 3 is 2.35 bits per heavy atom. The van der Waals surface area contributed by atoms with Crippen LogP contribution in [0.4, 0.5) is 11.4 Å². The first-order valence-electron chi connectivity index (χ1n) is 7.74. The third kappa shape index (κ3) is 2.73. The average molecular weight is 315 g/mol. The second-order valence-electron chi connectivity index (χ2n) is 5.56. The first kappa shape index (κ1) is 14.0. The lowest BCUT2D eigenvalue weighted by molar-refractivity contribution is 1.56. The number of hydrogen-bond acceptors (Lipinski definition) is 2. The van der Waals surface area contributed by atoms with Crippen LogP contribution in [0.1, 0.15) is 12.5 Å². The summed E-state index contributed by atoms with van der Waals surface area (Å²) in [5.74, 6) is 0. The fourth-order valence-electron chi connectivity index (χ4n) is 2.84. The molecule has 2 heteroatoms. The van der Waals surface area contributed by atoms with Crippen LogP contribution < -0.4 is 5.32 Å². The van der Waals surface area contributed by atoms with Gasteiger partial charge in [0, 0.05) is 31.5 Å². The predicted molar refractivity (Wildman–Crippen MR) is 104 cm³/mol. The quantitative estimate of drug-likeness (QED) is 0.437. The molecule has 0 fully saturated rings. The highest BCUT2D eigenvalue weighted by Gasteiger charge is 2.05. The van der Waals surface area contributed by atoms with E-state index in [2.05, 4.69) is 84.2 Å². The van der Waals surface area contributed by atoms with Crippen LogP contribution in [-0.2, 0) is 0 Å². The molecule has 4 aromatic rings. The van der Waals surface area contributed by atoms with Crippen molar-refractivity contribution in [2.24, 2.45) is 0 Å². The number of thiophene rings is 1. The highest BCUT2D eigenvalue weighted by molar-refractivity contribution is 7.25. The molecule has 0 saturated carbocycles. The number of rotatable bonds is 3. The van der Waals surface area contributed by atoms with Crippen LogP contribution in [0.5, 0.6) is 0 Å². The van der Waals surface area contributed by atoms with Crippen LogP contribution >= 0.6 is 11.3 Å². The van der Waals surface area contributed by atoms with Gasteiger partial charge in [-0.05, 0) is 48.9 Å². The summed E-state index contributed by atoms with van der Waals surface area (Å²) in [5, 5.41) is 6.15. The number of allylic oxidation sites excluding steroid dienone is 1. The maximum absolute atomic E-state index is 3.50. The smallest absolute Gasteiger partial charge is 0.0391 e. The Labute approximate surface area is 139 Å². The summed E-state index contributed by atoms with van der Waals surface area (Å²) in [5.41, 5.74) is 3.45. The molecule has 112 valence electrons. The molecular formula is C21H17NS. The molecule has 0 spiro atoms. The fourth-order valence-corrected chi connectivity index (χ4v) is 3.93. The maximum atomic E-state index is 3.50. The Hall–Kier alpha value is -2.58. The van der Waals surface area contributed by atoms with Crippen molar-refractivity contribution in [3.05, 3.63) is 78.4 Å². The van der Waals surface area contributed by atoms with E-state index in [0.717, 1.165) is 11.4 Å². The number of fused-ring (bicyclic) bond motifs is 3. The van der Waals surface area contributed by atoms with E-state index in [1.807, 2.05) is 18.3 Å². The van der Waals surface area contributed by atoms with Crippen LogP contribution in [0.2, 0.25) is 0 Å². The minimum atomic E-state index is 1.11. The molecule has 0 amide bonds. The van der Waals surface area contributed by atoms with Crippen LogP contribution in [0.15, 0.2) is 72.8 Å². The molecule has 23 heavy (non-hydrogen) atoms. The molecular weight excluding hydrogens is 298 g/mol. The van der Waals surface area contributed by atoms with E-state index in [9.17, 15) is 0 Å². The van der Waals surface area contributed by atoms with Gasteiger partial charge in [0.05, 0.1) is 0 Å². The zero-order chi connectivity index (χ0) is 15.6. The zero-order valence-electron chi connectivity index (χ0n) is 12.9. The lowest BCUT2D eigenvalue weighted by atomic mass is 10.1. The van der Waals surface area contributed by atoms with Crippen molar-refractivity contribution in [2.45, 2.75) is 6.92 Å². The molecule has 0 unspecified atom stereocenters. The molecule has 0 aliphatic rings. The van der Waals surface area contributed by atoms with Crippen molar-refractivity contribution in [1.29, 1.82) is 0 Å². The molecule has 1 nitrogen and oxygen atoms in total. The number of benzene rings is 3. The van der Waals surface area contributed by atoms with Crippen molar-refractivity contribution in [3.63, 3.8) is 0 Å². The summed E-state index contributed by atoms with van der Waals surface area (Å²) in [6, 6.07) is 23.7. The average Bonchev–Trinajstić information content (AvgIpc) is 2.95. The Bertz CT molecular complexity index is 993. The Balaban J connectivity index is 1.69. The molecule has 0 bridgehead atoms. The molecule has 0 saturated heterocycles. The molecule has 1 aromatic heterocycles. The van der Waals surface area contributed by atoms with E-state index in [0.29, 0.717) is 0 Å². The minimum absolute atomic E-state index is 1.11. The Morgan fingerprint density at radius 1 is 0.783 bits per heavy atom. The molecule has 1 heterocycles. The van der Waals surface area contributed by atoms with Gasteiger partial charge in [0.25, 0.3) is 0 Å². The maximum Gasteiger partial charge on any atom is 0.0391 e. The lowest BCUT2D eigenvalue weighted by Crippen LogP contribution is -1.89. The second-order valence-corrected chi connectivity index (χ2v) is 6.64. The van der Waals surface area contributed by atoms with Crippen LogP contribution in [0.25, 0.3) is 26.2 Å². The highest BCUT2D eigenvalue weighted by atomic mass is 32.1. The van der Waals surface area contributed by atoms with Crippen molar-refractivity contribution >= 4 is 49.0 Å². The molecule has 0 radical (unpaired) electrons. The summed E-state index contributed by atoms with van der Waals surface area (Å²) in [6.45, 7) is 2.03. The van der Waals surface area contributed by atoms with E-state index in [1.54, 1.807) is 0 Å². The number of hydrogen-bond donors (Lipinski definition) is 1. The van der Waals surface area contributed by atoms with E-state index in [4.69, 9.17) is 0 Å². The number of nitrogens with one attached hydrogen (secondary N) is 1.